The lowest BCUT2D eigenvalue weighted by Crippen LogP contribution is -2.48. The van der Waals surface area contributed by atoms with Crippen molar-refractivity contribution in [1.29, 1.82) is 0 Å². The van der Waals surface area contributed by atoms with Gasteiger partial charge in [0.1, 0.15) is 0 Å². The molecule has 23 heavy (non-hydrogen) atoms. The number of likely N-dealkylation sites (tertiary alicyclic amines) is 1. The van der Waals surface area contributed by atoms with Gasteiger partial charge in [0, 0.05) is 13.1 Å². The van der Waals surface area contributed by atoms with Gasteiger partial charge in [-0.15, -0.1) is 0 Å². The Morgan fingerprint density at radius 1 is 1.22 bits per heavy atom. The van der Waals surface area contributed by atoms with Crippen molar-refractivity contribution < 1.29 is 24.2 Å². The smallest absolute Gasteiger partial charge is 0.310 e. The number of hydrogen-bond donors (Lipinski definition) is 1. The van der Waals surface area contributed by atoms with Crippen molar-refractivity contribution in [2.75, 3.05) is 19.7 Å². The van der Waals surface area contributed by atoms with Crippen LogP contribution in [-0.2, 0) is 19.1 Å². The molecule has 0 aromatic carbocycles. The highest BCUT2D eigenvalue weighted by atomic mass is 16.5. The van der Waals surface area contributed by atoms with E-state index in [4.69, 9.17) is 4.74 Å². The second kappa shape index (κ2) is 6.34. The highest BCUT2D eigenvalue weighted by molar-refractivity contribution is 5.87. The number of hydrogen-bond acceptors (Lipinski definition) is 4. The normalized spacial score (nSPS) is 35.3. The Hall–Kier alpha value is -1.85. The van der Waals surface area contributed by atoms with Gasteiger partial charge in [0.05, 0.1) is 24.4 Å². The molecule has 2 bridgehead atoms. The van der Waals surface area contributed by atoms with Crippen LogP contribution in [0.25, 0.3) is 0 Å². The number of rotatable bonds is 4. The third-order valence-electron chi connectivity index (χ3n) is 5.38. The molecule has 6 heteroatoms. The molecule has 0 aromatic heterocycles. The van der Waals surface area contributed by atoms with Crippen molar-refractivity contribution in [2.45, 2.75) is 26.2 Å². The molecule has 0 aromatic rings. The number of aliphatic carboxylic acids is 1. The van der Waals surface area contributed by atoms with Crippen LogP contribution in [0.15, 0.2) is 12.2 Å². The van der Waals surface area contributed by atoms with Gasteiger partial charge in [-0.3, -0.25) is 14.4 Å². The predicted octanol–water partition coefficient (Wildman–Crippen LogP) is 1.31. The molecular formula is C17H23NO5. The third kappa shape index (κ3) is 2.86. The van der Waals surface area contributed by atoms with Crippen molar-refractivity contribution in [3.05, 3.63) is 12.2 Å². The quantitative estimate of drug-likeness (QED) is 0.623. The minimum atomic E-state index is -0.890. The molecule has 126 valence electrons. The summed E-state index contributed by atoms with van der Waals surface area (Å²) in [6, 6.07) is 0. The van der Waals surface area contributed by atoms with Crippen molar-refractivity contribution in [3.63, 3.8) is 0 Å². The fourth-order valence-corrected chi connectivity index (χ4v) is 4.34. The standard InChI is InChI=1S/C17H23NO5/c1-2-23-17(22)12-4-3-7-18(9-12)15(19)13-10-5-6-11(8-10)14(13)16(20)21/h5-6,10-14H,2-4,7-9H2,1H3,(H,20,21)/t10-,11+,12+,13+,14-/m1/s1. The molecular weight excluding hydrogens is 298 g/mol. The number of carboxylic acid groups (broad SMARTS) is 1. The fourth-order valence-electron chi connectivity index (χ4n) is 4.34. The predicted molar refractivity (Wildman–Crippen MR) is 81.3 cm³/mol. The first-order chi connectivity index (χ1) is 11.0. The zero-order chi connectivity index (χ0) is 16.6. The molecule has 2 fully saturated rings. The van der Waals surface area contributed by atoms with E-state index in [9.17, 15) is 19.5 Å². The monoisotopic (exact) mass is 321 g/mol. The van der Waals surface area contributed by atoms with Gasteiger partial charge in [-0.25, -0.2) is 0 Å². The van der Waals surface area contributed by atoms with Gasteiger partial charge >= 0.3 is 11.9 Å². The molecule has 5 atom stereocenters. The van der Waals surface area contributed by atoms with Crippen LogP contribution >= 0.6 is 0 Å². The summed E-state index contributed by atoms with van der Waals surface area (Å²) in [5.74, 6) is -2.65. The van der Waals surface area contributed by atoms with Crippen molar-refractivity contribution in [1.82, 2.24) is 4.90 Å². The molecule has 1 aliphatic heterocycles. The van der Waals surface area contributed by atoms with E-state index in [1.807, 2.05) is 12.2 Å². The van der Waals surface area contributed by atoms with Crippen LogP contribution < -0.4 is 0 Å². The van der Waals surface area contributed by atoms with E-state index >= 15 is 0 Å². The van der Waals surface area contributed by atoms with Gasteiger partial charge < -0.3 is 14.7 Å². The molecule has 0 radical (unpaired) electrons. The largest absolute Gasteiger partial charge is 0.481 e. The minimum absolute atomic E-state index is 0.0246. The minimum Gasteiger partial charge on any atom is -0.481 e. The summed E-state index contributed by atoms with van der Waals surface area (Å²) in [5, 5.41) is 9.48. The number of piperidine rings is 1. The number of carbonyl (C=O) groups excluding carboxylic acids is 2. The number of allylic oxidation sites excluding steroid dienone is 2. The number of fused-ring (bicyclic) bond motifs is 2. The summed E-state index contributed by atoms with van der Waals surface area (Å²) in [6.45, 7) is 3.05. The zero-order valence-corrected chi connectivity index (χ0v) is 13.3. The number of esters is 1. The Morgan fingerprint density at radius 3 is 2.57 bits per heavy atom. The molecule has 6 nitrogen and oxygen atoms in total. The molecule has 1 saturated carbocycles. The Kier molecular flexibility index (Phi) is 4.41. The van der Waals surface area contributed by atoms with Gasteiger partial charge in [0.25, 0.3) is 0 Å². The van der Waals surface area contributed by atoms with Crippen molar-refractivity contribution >= 4 is 17.8 Å². The summed E-state index contributed by atoms with van der Waals surface area (Å²) in [5.41, 5.74) is 0. The van der Waals surface area contributed by atoms with E-state index in [1.54, 1.807) is 11.8 Å². The molecule has 1 saturated heterocycles. The van der Waals surface area contributed by atoms with Crippen LogP contribution in [0.4, 0.5) is 0 Å². The van der Waals surface area contributed by atoms with Gasteiger partial charge in [-0.1, -0.05) is 12.2 Å². The van der Waals surface area contributed by atoms with E-state index in [2.05, 4.69) is 0 Å². The number of carboxylic acids is 1. The number of amides is 1. The first-order valence-electron chi connectivity index (χ1n) is 8.39. The van der Waals surface area contributed by atoms with E-state index in [-0.39, 0.29) is 29.6 Å². The molecule has 0 unspecified atom stereocenters. The van der Waals surface area contributed by atoms with Crippen LogP contribution in [0.5, 0.6) is 0 Å². The lowest BCUT2D eigenvalue weighted by atomic mass is 9.81. The summed E-state index contributed by atoms with van der Waals surface area (Å²) in [7, 11) is 0. The zero-order valence-electron chi connectivity index (χ0n) is 13.3. The maximum Gasteiger partial charge on any atom is 0.310 e. The molecule has 3 aliphatic rings. The van der Waals surface area contributed by atoms with Crippen LogP contribution in [0.3, 0.4) is 0 Å². The number of nitrogens with zero attached hydrogens (tertiary/aromatic N) is 1. The first kappa shape index (κ1) is 16.0. The van der Waals surface area contributed by atoms with Crippen LogP contribution in [0.2, 0.25) is 0 Å². The Bertz CT molecular complexity index is 543. The lowest BCUT2D eigenvalue weighted by molar-refractivity contribution is -0.155. The number of ether oxygens (including phenoxy) is 1. The highest BCUT2D eigenvalue weighted by Gasteiger charge is 2.53. The molecule has 3 rings (SSSR count). The molecule has 1 N–H and O–H groups in total. The van der Waals surface area contributed by atoms with Gasteiger partial charge in [-0.05, 0) is 38.0 Å². The average molecular weight is 321 g/mol. The van der Waals surface area contributed by atoms with E-state index < -0.39 is 17.8 Å². The highest BCUT2D eigenvalue weighted by Crippen LogP contribution is 2.49. The fraction of sp³-hybridized carbons (Fsp3) is 0.706. The van der Waals surface area contributed by atoms with E-state index in [1.165, 1.54) is 0 Å². The molecule has 1 amide bonds. The van der Waals surface area contributed by atoms with Crippen molar-refractivity contribution in [2.24, 2.45) is 29.6 Å². The molecule has 2 aliphatic carbocycles. The van der Waals surface area contributed by atoms with E-state index in [0.717, 1.165) is 19.3 Å². The lowest BCUT2D eigenvalue weighted by Gasteiger charge is -2.35. The van der Waals surface area contributed by atoms with Gasteiger partial charge in [0.2, 0.25) is 5.91 Å². The van der Waals surface area contributed by atoms with Crippen LogP contribution in [0.1, 0.15) is 26.2 Å². The summed E-state index contributed by atoms with van der Waals surface area (Å²) in [6.07, 6.45) is 6.15. The molecule has 0 spiro atoms. The maximum atomic E-state index is 12.9. The van der Waals surface area contributed by atoms with Crippen molar-refractivity contribution in [3.8, 4) is 0 Å². The molecule has 1 heterocycles. The Labute approximate surface area is 135 Å². The topological polar surface area (TPSA) is 83.9 Å². The summed E-state index contributed by atoms with van der Waals surface area (Å²) in [4.78, 5) is 38.1. The average Bonchev–Trinajstić information content (AvgIpc) is 3.15. The van der Waals surface area contributed by atoms with Gasteiger partial charge in [0.15, 0.2) is 0 Å². The Balaban J connectivity index is 1.71. The first-order valence-corrected chi connectivity index (χ1v) is 8.39. The summed E-state index contributed by atoms with van der Waals surface area (Å²) < 4.78 is 5.06. The van der Waals surface area contributed by atoms with Crippen LogP contribution in [0, 0.1) is 29.6 Å². The second-order valence-electron chi connectivity index (χ2n) is 6.71. The number of carbonyl (C=O) groups is 3. The SMILES string of the molecule is CCOC(=O)[C@H]1CCCN(C(=O)[C@@H]2[C@H](C(=O)O)[C@H]3C=C[C@@H]2C3)C1. The summed E-state index contributed by atoms with van der Waals surface area (Å²) >= 11 is 0. The second-order valence-corrected chi connectivity index (χ2v) is 6.71. The van der Waals surface area contributed by atoms with Crippen LogP contribution in [-0.4, -0.2) is 47.5 Å². The van der Waals surface area contributed by atoms with E-state index in [0.29, 0.717) is 19.7 Å². The maximum absolute atomic E-state index is 12.9. The Morgan fingerprint density at radius 2 is 1.91 bits per heavy atom. The third-order valence-corrected chi connectivity index (χ3v) is 5.38. The van der Waals surface area contributed by atoms with Gasteiger partial charge in [-0.2, -0.15) is 0 Å².